The predicted octanol–water partition coefficient (Wildman–Crippen LogP) is 2.88. The van der Waals surface area contributed by atoms with Crippen LogP contribution in [0.25, 0.3) is 0 Å². The second kappa shape index (κ2) is 5.73. The van der Waals surface area contributed by atoms with E-state index in [4.69, 9.17) is 4.52 Å². The Kier molecular flexibility index (Phi) is 4.04. The standard InChI is InChI=1S/C14H15FN2O2/c1-3-12(18)9(2)14-16-13(17-19-14)8-10-5-4-6-11(15)7-10/h4-7,9H,3,8H2,1-2H3. The van der Waals surface area contributed by atoms with Gasteiger partial charge >= 0.3 is 0 Å². The van der Waals surface area contributed by atoms with Gasteiger partial charge in [-0.1, -0.05) is 24.2 Å². The summed E-state index contributed by atoms with van der Waals surface area (Å²) >= 11 is 0. The largest absolute Gasteiger partial charge is 0.339 e. The molecule has 1 unspecified atom stereocenters. The average molecular weight is 262 g/mol. The first-order chi connectivity index (χ1) is 9.10. The van der Waals surface area contributed by atoms with Gasteiger partial charge in [-0.05, 0) is 24.6 Å². The molecule has 1 atom stereocenters. The van der Waals surface area contributed by atoms with E-state index in [1.54, 1.807) is 26.0 Å². The Morgan fingerprint density at radius 3 is 2.95 bits per heavy atom. The summed E-state index contributed by atoms with van der Waals surface area (Å²) in [5.74, 6) is 0.144. The Labute approximate surface area is 110 Å². The van der Waals surface area contributed by atoms with E-state index in [0.717, 1.165) is 5.56 Å². The molecule has 5 heteroatoms. The molecular weight excluding hydrogens is 247 g/mol. The van der Waals surface area contributed by atoms with Gasteiger partial charge in [0.05, 0.1) is 5.92 Å². The summed E-state index contributed by atoms with van der Waals surface area (Å²) in [7, 11) is 0. The van der Waals surface area contributed by atoms with Gasteiger partial charge in [0.15, 0.2) is 5.82 Å². The van der Waals surface area contributed by atoms with Crippen molar-refractivity contribution in [3.63, 3.8) is 0 Å². The normalized spacial score (nSPS) is 12.4. The third-order valence-corrected chi connectivity index (χ3v) is 2.94. The molecule has 0 bridgehead atoms. The van der Waals surface area contributed by atoms with Crippen LogP contribution < -0.4 is 0 Å². The lowest BCUT2D eigenvalue weighted by Gasteiger charge is -2.01. The van der Waals surface area contributed by atoms with E-state index in [1.165, 1.54) is 12.1 Å². The van der Waals surface area contributed by atoms with Crippen LogP contribution in [0.2, 0.25) is 0 Å². The highest BCUT2D eigenvalue weighted by atomic mass is 19.1. The molecule has 0 aliphatic heterocycles. The number of hydrogen-bond acceptors (Lipinski definition) is 4. The zero-order chi connectivity index (χ0) is 13.8. The summed E-state index contributed by atoms with van der Waals surface area (Å²) in [6.45, 7) is 3.54. The molecule has 0 spiro atoms. The first kappa shape index (κ1) is 13.4. The lowest BCUT2D eigenvalue weighted by molar-refractivity contribution is -0.120. The fourth-order valence-electron chi connectivity index (χ4n) is 1.79. The fraction of sp³-hybridized carbons (Fsp3) is 0.357. The van der Waals surface area contributed by atoms with Crippen LogP contribution in [0, 0.1) is 5.82 Å². The van der Waals surface area contributed by atoms with Gasteiger partial charge in [-0.2, -0.15) is 4.98 Å². The van der Waals surface area contributed by atoms with Gasteiger partial charge in [0.2, 0.25) is 5.89 Å². The van der Waals surface area contributed by atoms with Crippen LogP contribution in [0.1, 0.15) is 43.5 Å². The van der Waals surface area contributed by atoms with Gasteiger partial charge < -0.3 is 4.52 Å². The van der Waals surface area contributed by atoms with Gasteiger partial charge in [0.25, 0.3) is 0 Å². The van der Waals surface area contributed by atoms with Crippen LogP contribution in [0.5, 0.6) is 0 Å². The van der Waals surface area contributed by atoms with Crippen LogP contribution in [0.4, 0.5) is 4.39 Å². The molecule has 0 aliphatic rings. The highest BCUT2D eigenvalue weighted by molar-refractivity contribution is 5.83. The van der Waals surface area contributed by atoms with Gasteiger partial charge in [-0.15, -0.1) is 0 Å². The SMILES string of the molecule is CCC(=O)C(C)c1nc(Cc2cccc(F)c2)no1. The maximum atomic E-state index is 13.0. The number of aromatic nitrogens is 2. The second-order valence-corrected chi connectivity index (χ2v) is 4.40. The molecule has 0 amide bonds. The molecule has 0 radical (unpaired) electrons. The molecular formula is C14H15FN2O2. The van der Waals surface area contributed by atoms with Crippen molar-refractivity contribution in [2.45, 2.75) is 32.6 Å². The van der Waals surface area contributed by atoms with Gasteiger partial charge in [0, 0.05) is 12.8 Å². The molecule has 1 aromatic heterocycles. The van der Waals surface area contributed by atoms with Crippen LogP contribution in [0.3, 0.4) is 0 Å². The number of benzene rings is 1. The van der Waals surface area contributed by atoms with E-state index >= 15 is 0 Å². The molecule has 0 aliphatic carbocycles. The third kappa shape index (κ3) is 3.24. The molecule has 0 saturated carbocycles. The monoisotopic (exact) mass is 262 g/mol. The molecule has 100 valence electrons. The minimum Gasteiger partial charge on any atom is -0.339 e. The minimum absolute atomic E-state index is 0.0564. The zero-order valence-corrected chi connectivity index (χ0v) is 10.9. The highest BCUT2D eigenvalue weighted by Gasteiger charge is 2.20. The Morgan fingerprint density at radius 2 is 2.26 bits per heavy atom. The van der Waals surface area contributed by atoms with E-state index < -0.39 is 5.92 Å². The van der Waals surface area contributed by atoms with Gasteiger partial charge in [-0.25, -0.2) is 4.39 Å². The second-order valence-electron chi connectivity index (χ2n) is 4.40. The van der Waals surface area contributed by atoms with Crippen LogP contribution in [0.15, 0.2) is 28.8 Å². The van der Waals surface area contributed by atoms with Crippen LogP contribution in [-0.4, -0.2) is 15.9 Å². The molecule has 4 nitrogen and oxygen atoms in total. The fourth-order valence-corrected chi connectivity index (χ4v) is 1.79. The van der Waals surface area contributed by atoms with Crippen molar-refractivity contribution in [2.24, 2.45) is 0 Å². The summed E-state index contributed by atoms with van der Waals surface area (Å²) in [4.78, 5) is 15.7. The lowest BCUT2D eigenvalue weighted by atomic mass is 10.1. The number of nitrogens with zero attached hydrogens (tertiary/aromatic N) is 2. The number of Topliss-reactive ketones (excluding diaryl/α,β-unsaturated/α-hetero) is 1. The highest BCUT2D eigenvalue weighted by Crippen LogP contribution is 2.17. The van der Waals surface area contributed by atoms with Crippen molar-refractivity contribution in [3.05, 3.63) is 47.4 Å². The van der Waals surface area contributed by atoms with E-state index in [1.807, 2.05) is 0 Å². The lowest BCUT2D eigenvalue weighted by Crippen LogP contribution is -2.07. The Balaban J connectivity index is 2.11. The number of carbonyl (C=O) groups excluding carboxylic acids is 1. The molecule has 19 heavy (non-hydrogen) atoms. The van der Waals surface area contributed by atoms with Crippen molar-refractivity contribution in [1.82, 2.24) is 10.1 Å². The number of halogens is 1. The first-order valence-electron chi connectivity index (χ1n) is 6.19. The third-order valence-electron chi connectivity index (χ3n) is 2.94. The van der Waals surface area contributed by atoms with E-state index in [9.17, 15) is 9.18 Å². The number of ketones is 1. The number of hydrogen-bond donors (Lipinski definition) is 0. The van der Waals surface area contributed by atoms with Crippen LogP contribution in [-0.2, 0) is 11.2 Å². The number of rotatable bonds is 5. The summed E-state index contributed by atoms with van der Waals surface area (Å²) in [6, 6.07) is 6.23. The molecule has 0 saturated heterocycles. The quantitative estimate of drug-likeness (QED) is 0.831. The molecule has 0 N–H and O–H groups in total. The molecule has 2 aromatic rings. The minimum atomic E-state index is -0.390. The summed E-state index contributed by atoms with van der Waals surface area (Å²) in [6.07, 6.45) is 0.817. The topological polar surface area (TPSA) is 56.0 Å². The van der Waals surface area contributed by atoms with Gasteiger partial charge in [-0.3, -0.25) is 4.79 Å². The summed E-state index contributed by atoms with van der Waals surface area (Å²) in [5, 5.41) is 3.82. The Hall–Kier alpha value is -2.04. The zero-order valence-electron chi connectivity index (χ0n) is 10.9. The predicted molar refractivity (Wildman–Crippen MR) is 67.2 cm³/mol. The first-order valence-corrected chi connectivity index (χ1v) is 6.19. The maximum absolute atomic E-state index is 13.0. The summed E-state index contributed by atoms with van der Waals surface area (Å²) in [5.41, 5.74) is 0.766. The van der Waals surface area contributed by atoms with Crippen molar-refractivity contribution < 1.29 is 13.7 Å². The van der Waals surface area contributed by atoms with E-state index in [0.29, 0.717) is 24.6 Å². The molecule has 2 rings (SSSR count). The van der Waals surface area contributed by atoms with Crippen molar-refractivity contribution in [2.75, 3.05) is 0 Å². The van der Waals surface area contributed by atoms with E-state index in [2.05, 4.69) is 10.1 Å². The average Bonchev–Trinajstić information content (AvgIpc) is 2.85. The number of carbonyl (C=O) groups is 1. The Morgan fingerprint density at radius 1 is 1.47 bits per heavy atom. The summed E-state index contributed by atoms with van der Waals surface area (Å²) < 4.78 is 18.1. The molecule has 1 heterocycles. The smallest absolute Gasteiger partial charge is 0.236 e. The van der Waals surface area contributed by atoms with Crippen molar-refractivity contribution >= 4 is 5.78 Å². The van der Waals surface area contributed by atoms with Crippen molar-refractivity contribution in [1.29, 1.82) is 0 Å². The van der Waals surface area contributed by atoms with Gasteiger partial charge in [0.1, 0.15) is 11.6 Å². The van der Waals surface area contributed by atoms with Crippen molar-refractivity contribution in [3.8, 4) is 0 Å². The maximum Gasteiger partial charge on any atom is 0.236 e. The Bertz CT molecular complexity index is 580. The van der Waals surface area contributed by atoms with Crippen LogP contribution >= 0.6 is 0 Å². The molecule has 1 aromatic carbocycles. The van der Waals surface area contributed by atoms with E-state index in [-0.39, 0.29) is 11.6 Å². The molecule has 0 fully saturated rings.